The number of nitrogens with one attached hydrogen (secondary N) is 1. The number of hydrogen-bond donors (Lipinski definition) is 2. The van der Waals surface area contributed by atoms with Crippen LogP contribution in [-0.4, -0.2) is 17.7 Å². The van der Waals surface area contributed by atoms with E-state index in [9.17, 15) is 0 Å². The first-order valence-electron chi connectivity index (χ1n) is 8.13. The van der Waals surface area contributed by atoms with Crippen molar-refractivity contribution in [2.75, 3.05) is 6.54 Å². The normalized spacial score (nSPS) is 14.3. The molecule has 0 aliphatic heterocycles. The molecule has 0 bridgehead atoms. The maximum absolute atomic E-state index is 8.78. The van der Waals surface area contributed by atoms with Crippen LogP contribution in [0.1, 0.15) is 45.1 Å². The van der Waals surface area contributed by atoms with Gasteiger partial charge in [0.1, 0.15) is 0 Å². The van der Waals surface area contributed by atoms with Crippen LogP contribution in [-0.2, 0) is 0 Å². The first-order valence-corrected chi connectivity index (χ1v) is 8.13. The number of hydrogen-bond acceptors (Lipinski definition) is 2. The van der Waals surface area contributed by atoms with Gasteiger partial charge in [0, 0.05) is 12.0 Å². The highest BCUT2D eigenvalue weighted by Gasteiger charge is 2.07. The van der Waals surface area contributed by atoms with Gasteiger partial charge in [0.05, 0.1) is 6.26 Å². The van der Waals surface area contributed by atoms with E-state index in [0.29, 0.717) is 12.0 Å². The highest BCUT2D eigenvalue weighted by Crippen LogP contribution is 2.22. The predicted molar refractivity (Wildman–Crippen MR) is 96.2 cm³/mol. The number of aliphatic hydroxyl groups is 1. The average Bonchev–Trinajstić information content (AvgIpc) is 2.53. The third-order valence-corrected chi connectivity index (χ3v) is 3.58. The molecule has 1 rings (SSSR count). The monoisotopic (exact) mass is 299 g/mol. The van der Waals surface area contributed by atoms with Gasteiger partial charge in [-0.3, -0.25) is 0 Å². The van der Waals surface area contributed by atoms with Gasteiger partial charge in [-0.25, -0.2) is 0 Å². The minimum atomic E-state index is 0.403. The maximum Gasteiger partial charge on any atom is 0.0791 e. The van der Waals surface area contributed by atoms with E-state index in [1.165, 1.54) is 11.1 Å². The van der Waals surface area contributed by atoms with Crippen molar-refractivity contribution >= 4 is 0 Å². The second-order valence-electron chi connectivity index (χ2n) is 5.71. The van der Waals surface area contributed by atoms with E-state index in [2.05, 4.69) is 68.6 Å². The van der Waals surface area contributed by atoms with Crippen molar-refractivity contribution in [3.63, 3.8) is 0 Å². The zero-order valence-corrected chi connectivity index (χ0v) is 14.0. The van der Waals surface area contributed by atoms with Gasteiger partial charge in [0.15, 0.2) is 0 Å². The Labute approximate surface area is 135 Å². The third-order valence-electron chi connectivity index (χ3n) is 3.58. The molecule has 0 radical (unpaired) electrons. The minimum Gasteiger partial charge on any atom is -0.516 e. The van der Waals surface area contributed by atoms with Crippen LogP contribution < -0.4 is 5.32 Å². The number of aliphatic hydroxyl groups excluding tert-OH is 1. The number of benzene rings is 1. The smallest absolute Gasteiger partial charge is 0.0791 e. The topological polar surface area (TPSA) is 32.3 Å². The van der Waals surface area contributed by atoms with Gasteiger partial charge in [0.25, 0.3) is 0 Å². The fourth-order valence-electron chi connectivity index (χ4n) is 2.30. The summed E-state index contributed by atoms with van der Waals surface area (Å²) in [4.78, 5) is 0. The molecule has 1 atom stereocenters. The molecule has 0 aromatic heterocycles. The Morgan fingerprint density at radius 2 is 1.95 bits per heavy atom. The molecule has 0 aliphatic rings. The zero-order chi connectivity index (χ0) is 16.2. The quantitative estimate of drug-likeness (QED) is 0.490. The Bertz CT molecular complexity index is 486. The van der Waals surface area contributed by atoms with E-state index in [1.54, 1.807) is 6.08 Å². The van der Waals surface area contributed by atoms with E-state index in [-0.39, 0.29) is 0 Å². The molecule has 2 nitrogen and oxygen atoms in total. The minimum absolute atomic E-state index is 0.403. The summed E-state index contributed by atoms with van der Waals surface area (Å²) in [5.41, 5.74) is 2.56. The maximum atomic E-state index is 8.78. The molecule has 120 valence electrons. The highest BCUT2D eigenvalue weighted by molar-refractivity contribution is 5.29. The lowest BCUT2D eigenvalue weighted by atomic mass is 9.94. The van der Waals surface area contributed by atoms with Gasteiger partial charge in [-0.15, -0.1) is 0 Å². The zero-order valence-electron chi connectivity index (χ0n) is 14.0. The van der Waals surface area contributed by atoms with Crippen molar-refractivity contribution in [2.45, 2.75) is 45.6 Å². The summed E-state index contributed by atoms with van der Waals surface area (Å²) in [7, 11) is 0. The van der Waals surface area contributed by atoms with Crippen molar-refractivity contribution in [2.24, 2.45) is 0 Å². The van der Waals surface area contributed by atoms with Crippen LogP contribution in [0, 0.1) is 0 Å². The Morgan fingerprint density at radius 1 is 1.23 bits per heavy atom. The van der Waals surface area contributed by atoms with E-state index >= 15 is 0 Å². The summed E-state index contributed by atoms with van der Waals surface area (Å²) in [5.74, 6) is 0.403. The summed E-state index contributed by atoms with van der Waals surface area (Å²) in [6.07, 6.45) is 11.2. The van der Waals surface area contributed by atoms with E-state index in [0.717, 1.165) is 25.6 Å². The second-order valence-corrected chi connectivity index (χ2v) is 5.71. The van der Waals surface area contributed by atoms with Crippen LogP contribution in [0.3, 0.4) is 0 Å². The van der Waals surface area contributed by atoms with Crippen LogP contribution >= 0.6 is 0 Å². The first-order chi connectivity index (χ1) is 10.7. The van der Waals surface area contributed by atoms with E-state index in [4.69, 9.17) is 5.11 Å². The van der Waals surface area contributed by atoms with Crippen molar-refractivity contribution in [1.82, 2.24) is 5.32 Å². The third kappa shape index (κ3) is 7.28. The summed E-state index contributed by atoms with van der Waals surface area (Å²) in [6, 6.07) is 11.1. The van der Waals surface area contributed by atoms with Crippen LogP contribution in [0.5, 0.6) is 0 Å². The number of rotatable bonds is 9. The van der Waals surface area contributed by atoms with Crippen molar-refractivity contribution in [3.05, 3.63) is 72.0 Å². The van der Waals surface area contributed by atoms with Gasteiger partial charge in [-0.2, -0.15) is 0 Å². The van der Waals surface area contributed by atoms with Crippen molar-refractivity contribution in [1.29, 1.82) is 0 Å². The fraction of sp³-hybridized carbons (Fsp3) is 0.400. The van der Waals surface area contributed by atoms with Crippen molar-refractivity contribution in [3.8, 4) is 0 Å². The molecular weight excluding hydrogens is 270 g/mol. The van der Waals surface area contributed by atoms with Crippen molar-refractivity contribution < 1.29 is 5.11 Å². The van der Waals surface area contributed by atoms with E-state index in [1.807, 2.05) is 6.08 Å². The van der Waals surface area contributed by atoms with E-state index < -0.39 is 0 Å². The van der Waals surface area contributed by atoms with Crippen LogP contribution in [0.4, 0.5) is 0 Å². The molecule has 0 amide bonds. The Kier molecular flexibility index (Phi) is 9.01. The molecule has 1 unspecified atom stereocenters. The number of allylic oxidation sites excluding steroid dienone is 5. The molecule has 0 spiro atoms. The molecule has 0 saturated heterocycles. The molecule has 2 heteroatoms. The Hall–Kier alpha value is -1.80. The lowest BCUT2D eigenvalue weighted by Gasteiger charge is -2.15. The van der Waals surface area contributed by atoms with Crippen LogP contribution in [0.2, 0.25) is 0 Å². The molecule has 0 saturated carbocycles. The average molecular weight is 299 g/mol. The molecule has 2 N–H and O–H groups in total. The summed E-state index contributed by atoms with van der Waals surface area (Å²) < 4.78 is 0. The fourth-order valence-corrected chi connectivity index (χ4v) is 2.30. The SMILES string of the molecule is CCC(=C/C=C/O)/C=C/C(CCNC(C)C)c1ccccc1. The molecule has 22 heavy (non-hydrogen) atoms. The van der Waals surface area contributed by atoms with Gasteiger partial charge >= 0.3 is 0 Å². The molecule has 0 aliphatic carbocycles. The highest BCUT2D eigenvalue weighted by atomic mass is 16.2. The van der Waals surface area contributed by atoms with Gasteiger partial charge in [-0.05, 0) is 36.6 Å². The summed E-state index contributed by atoms with van der Waals surface area (Å²) in [6.45, 7) is 7.47. The van der Waals surface area contributed by atoms with Crippen LogP contribution in [0.15, 0.2) is 66.5 Å². The van der Waals surface area contributed by atoms with Gasteiger partial charge in [-0.1, -0.05) is 69.3 Å². The first kappa shape index (κ1) is 18.2. The van der Waals surface area contributed by atoms with Crippen LogP contribution in [0.25, 0.3) is 0 Å². The predicted octanol–water partition coefficient (Wildman–Crippen LogP) is 5.12. The van der Waals surface area contributed by atoms with Gasteiger partial charge < -0.3 is 10.4 Å². The second kappa shape index (κ2) is 10.9. The summed E-state index contributed by atoms with van der Waals surface area (Å²) >= 11 is 0. The lowest BCUT2D eigenvalue weighted by molar-refractivity contribution is 0.473. The van der Waals surface area contributed by atoms with Gasteiger partial charge in [0.2, 0.25) is 0 Å². The molecule has 0 fully saturated rings. The Morgan fingerprint density at radius 3 is 2.55 bits per heavy atom. The standard InChI is InChI=1S/C20H29NO/c1-4-18(9-8-16-22)12-13-20(14-15-21-17(2)3)19-10-6-5-7-11-19/h5-13,16-17,20-22H,4,14-15H2,1-3H3/b13-12+,16-8+,18-9-. The lowest BCUT2D eigenvalue weighted by Crippen LogP contribution is -2.24. The Balaban J connectivity index is 2.81. The molecule has 1 aromatic carbocycles. The molecule has 1 aromatic rings. The molecule has 0 heterocycles. The summed E-state index contributed by atoms with van der Waals surface area (Å²) in [5, 5.41) is 12.3. The molecular formula is C20H29NO. The largest absolute Gasteiger partial charge is 0.516 e.